The number of morpholine rings is 1. The molecular formula is C11H16ClNOS. The Morgan fingerprint density at radius 3 is 2.87 bits per heavy atom. The molecule has 84 valence electrons. The van der Waals surface area contributed by atoms with Gasteiger partial charge in [-0.1, -0.05) is 25.4 Å². The maximum Gasteiger partial charge on any atom is 0.105 e. The zero-order chi connectivity index (χ0) is 10.8. The highest BCUT2D eigenvalue weighted by Gasteiger charge is 2.26. The molecule has 2 heterocycles. The molecule has 15 heavy (non-hydrogen) atoms. The normalized spacial score (nSPS) is 27.2. The highest BCUT2D eigenvalue weighted by molar-refractivity contribution is 7.16. The summed E-state index contributed by atoms with van der Waals surface area (Å²) in [5.74, 6) is 0.552. The van der Waals surface area contributed by atoms with E-state index >= 15 is 0 Å². The van der Waals surface area contributed by atoms with Crippen LogP contribution in [0.3, 0.4) is 0 Å². The Morgan fingerprint density at radius 1 is 1.47 bits per heavy atom. The number of rotatable bonds is 2. The topological polar surface area (TPSA) is 21.3 Å². The third-order valence-electron chi connectivity index (χ3n) is 2.67. The largest absolute Gasteiger partial charge is 0.367 e. The molecule has 1 saturated heterocycles. The van der Waals surface area contributed by atoms with Crippen LogP contribution in [0.1, 0.15) is 24.8 Å². The maximum atomic E-state index is 6.04. The van der Waals surface area contributed by atoms with E-state index in [1.165, 1.54) is 4.88 Å². The van der Waals surface area contributed by atoms with E-state index in [9.17, 15) is 0 Å². The average Bonchev–Trinajstić information content (AvgIpc) is 2.65. The predicted octanol–water partition coefficient (Wildman–Crippen LogP) is 3.09. The molecule has 0 bridgehead atoms. The van der Waals surface area contributed by atoms with Gasteiger partial charge < -0.3 is 10.1 Å². The summed E-state index contributed by atoms with van der Waals surface area (Å²) >= 11 is 7.53. The van der Waals surface area contributed by atoms with E-state index in [2.05, 4.69) is 25.2 Å². The van der Waals surface area contributed by atoms with Gasteiger partial charge in [0.2, 0.25) is 0 Å². The monoisotopic (exact) mass is 245 g/mol. The number of hydrogen-bond acceptors (Lipinski definition) is 3. The van der Waals surface area contributed by atoms with Crippen LogP contribution in [0.5, 0.6) is 0 Å². The van der Waals surface area contributed by atoms with Crippen molar-refractivity contribution in [3.05, 3.63) is 21.3 Å². The van der Waals surface area contributed by atoms with E-state index < -0.39 is 0 Å². The van der Waals surface area contributed by atoms with Crippen LogP contribution in [0.25, 0.3) is 0 Å². The molecule has 1 N–H and O–H groups in total. The van der Waals surface area contributed by atoms with Crippen LogP contribution in [0.15, 0.2) is 12.1 Å². The minimum atomic E-state index is 0.170. The zero-order valence-corrected chi connectivity index (χ0v) is 10.6. The van der Waals surface area contributed by atoms with Crippen LogP contribution in [-0.2, 0) is 4.74 Å². The summed E-state index contributed by atoms with van der Waals surface area (Å²) in [7, 11) is 0. The van der Waals surface area contributed by atoms with Crippen LogP contribution < -0.4 is 5.32 Å². The highest BCUT2D eigenvalue weighted by Crippen LogP contribution is 2.31. The van der Waals surface area contributed by atoms with Crippen LogP contribution in [0.4, 0.5) is 0 Å². The molecule has 4 heteroatoms. The first-order valence-electron chi connectivity index (χ1n) is 5.28. The van der Waals surface area contributed by atoms with Gasteiger partial charge in [0.1, 0.15) is 6.10 Å². The van der Waals surface area contributed by atoms with Gasteiger partial charge in [-0.15, -0.1) is 11.3 Å². The Morgan fingerprint density at radius 2 is 2.27 bits per heavy atom. The summed E-state index contributed by atoms with van der Waals surface area (Å²) < 4.78 is 6.87. The second-order valence-electron chi connectivity index (χ2n) is 4.21. The molecule has 1 aliphatic rings. The Labute approximate surface area is 99.6 Å². The Balaban J connectivity index is 2.04. The predicted molar refractivity (Wildman–Crippen MR) is 64.7 cm³/mol. The van der Waals surface area contributed by atoms with Gasteiger partial charge in [0.15, 0.2) is 0 Å². The Hall–Kier alpha value is -0.0900. The van der Waals surface area contributed by atoms with Crippen molar-refractivity contribution < 1.29 is 4.74 Å². The first-order valence-corrected chi connectivity index (χ1v) is 6.47. The lowest BCUT2D eigenvalue weighted by Gasteiger charge is -2.32. The second kappa shape index (κ2) is 4.83. The van der Waals surface area contributed by atoms with Gasteiger partial charge in [0.05, 0.1) is 10.4 Å². The number of halogens is 1. The van der Waals surface area contributed by atoms with Crippen molar-refractivity contribution in [2.24, 2.45) is 5.92 Å². The van der Waals surface area contributed by atoms with Crippen molar-refractivity contribution in [1.82, 2.24) is 5.32 Å². The molecule has 0 radical (unpaired) electrons. The van der Waals surface area contributed by atoms with Crippen molar-refractivity contribution >= 4 is 22.9 Å². The smallest absolute Gasteiger partial charge is 0.105 e. The first kappa shape index (κ1) is 11.4. The van der Waals surface area contributed by atoms with Crippen LogP contribution in [-0.4, -0.2) is 19.2 Å². The van der Waals surface area contributed by atoms with E-state index in [4.69, 9.17) is 16.3 Å². The summed E-state index contributed by atoms with van der Waals surface area (Å²) in [5.41, 5.74) is 0. The summed E-state index contributed by atoms with van der Waals surface area (Å²) in [6.07, 6.45) is 0.480. The molecule has 0 amide bonds. The van der Waals surface area contributed by atoms with Gasteiger partial charge in [-0.2, -0.15) is 0 Å². The fraction of sp³-hybridized carbons (Fsp3) is 0.636. The van der Waals surface area contributed by atoms with Crippen LogP contribution >= 0.6 is 22.9 Å². The van der Waals surface area contributed by atoms with Crippen molar-refractivity contribution in [1.29, 1.82) is 0 Å². The molecule has 2 atom stereocenters. The van der Waals surface area contributed by atoms with Gasteiger partial charge in [0.25, 0.3) is 0 Å². The molecule has 0 saturated carbocycles. The molecule has 1 aliphatic heterocycles. The average molecular weight is 246 g/mol. The minimum absolute atomic E-state index is 0.170. The number of thiophene rings is 1. The molecule has 1 fully saturated rings. The van der Waals surface area contributed by atoms with Gasteiger partial charge in [-0.25, -0.2) is 0 Å². The van der Waals surface area contributed by atoms with E-state index in [1.54, 1.807) is 11.3 Å². The maximum absolute atomic E-state index is 6.04. The van der Waals surface area contributed by atoms with E-state index in [1.807, 2.05) is 6.07 Å². The summed E-state index contributed by atoms with van der Waals surface area (Å²) in [5, 5.41) is 3.41. The molecule has 2 nitrogen and oxygen atoms in total. The van der Waals surface area contributed by atoms with Gasteiger partial charge in [0, 0.05) is 18.0 Å². The summed E-state index contributed by atoms with van der Waals surface area (Å²) in [6, 6.07) is 3.99. The Bertz CT molecular complexity index is 326. The fourth-order valence-electron chi connectivity index (χ4n) is 1.73. The molecule has 1 aromatic rings. The fourth-order valence-corrected chi connectivity index (χ4v) is 2.82. The third kappa shape index (κ3) is 2.72. The summed E-state index contributed by atoms with van der Waals surface area (Å²) in [4.78, 5) is 1.22. The molecule has 0 aliphatic carbocycles. The molecular weight excluding hydrogens is 230 g/mol. The van der Waals surface area contributed by atoms with Crippen LogP contribution in [0.2, 0.25) is 4.34 Å². The number of hydrogen-bond donors (Lipinski definition) is 1. The standard InChI is InChI=1S/C11H16ClNOS/c1-7(2)8-5-13-6-9(14-8)10-3-4-11(12)15-10/h3-4,7-9,13H,5-6H2,1-2H3. The molecule has 2 rings (SSSR count). The lowest BCUT2D eigenvalue weighted by atomic mass is 10.1. The van der Waals surface area contributed by atoms with Gasteiger partial charge >= 0.3 is 0 Å². The summed E-state index contributed by atoms with van der Waals surface area (Å²) in [6.45, 7) is 6.22. The van der Waals surface area contributed by atoms with Crippen molar-refractivity contribution in [2.75, 3.05) is 13.1 Å². The van der Waals surface area contributed by atoms with Crippen molar-refractivity contribution in [3.8, 4) is 0 Å². The highest BCUT2D eigenvalue weighted by atomic mass is 35.5. The first-order chi connectivity index (χ1) is 7.16. The van der Waals surface area contributed by atoms with Crippen molar-refractivity contribution in [2.45, 2.75) is 26.1 Å². The van der Waals surface area contributed by atoms with E-state index in [-0.39, 0.29) is 6.10 Å². The third-order valence-corrected chi connectivity index (χ3v) is 3.99. The molecule has 2 unspecified atom stereocenters. The van der Waals surface area contributed by atoms with E-state index in [0.29, 0.717) is 12.0 Å². The van der Waals surface area contributed by atoms with Crippen LogP contribution in [0, 0.1) is 5.92 Å². The lowest BCUT2D eigenvalue weighted by Crippen LogP contribution is -2.42. The quantitative estimate of drug-likeness (QED) is 0.865. The second-order valence-corrected chi connectivity index (χ2v) is 5.95. The van der Waals surface area contributed by atoms with E-state index in [0.717, 1.165) is 17.4 Å². The van der Waals surface area contributed by atoms with Crippen molar-refractivity contribution in [3.63, 3.8) is 0 Å². The molecule has 0 aromatic carbocycles. The van der Waals surface area contributed by atoms with Gasteiger partial charge in [-0.05, 0) is 18.1 Å². The Kier molecular flexibility index (Phi) is 3.67. The SMILES string of the molecule is CC(C)C1CNCC(c2ccc(Cl)s2)O1. The molecule has 0 spiro atoms. The minimum Gasteiger partial charge on any atom is -0.367 e. The number of nitrogens with one attached hydrogen (secondary N) is 1. The van der Waals surface area contributed by atoms with Gasteiger partial charge in [-0.3, -0.25) is 0 Å². The lowest BCUT2D eigenvalue weighted by molar-refractivity contribution is -0.0587. The molecule has 1 aromatic heterocycles. The zero-order valence-electron chi connectivity index (χ0n) is 9.00. The number of ether oxygens (including phenoxy) is 1.